The van der Waals surface area contributed by atoms with E-state index in [1.165, 1.54) is 18.8 Å². The maximum absolute atomic E-state index is 2.35. The van der Waals surface area contributed by atoms with Crippen molar-refractivity contribution in [3.05, 3.63) is 104 Å². The summed E-state index contributed by atoms with van der Waals surface area (Å²) in [5, 5.41) is 0. The molecule has 0 bridgehead atoms. The Bertz CT molecular complexity index is 931. The number of aromatic nitrogens is 4. The number of halogens is 4. The molecule has 0 amide bonds. The molecule has 0 aliphatic heterocycles. The third-order valence-corrected chi connectivity index (χ3v) is 7.15. The van der Waals surface area contributed by atoms with E-state index in [-0.39, 0.29) is 48.0 Å². The second-order valence-electron chi connectivity index (χ2n) is 6.58. The molecule has 2 heterocycles. The molecule has 0 saturated carbocycles. The van der Waals surface area contributed by atoms with E-state index in [0.29, 0.717) is 0 Å². The molecule has 0 saturated heterocycles. The molecule has 0 atom stereocenters. The minimum absolute atomic E-state index is 0. The zero-order valence-electron chi connectivity index (χ0n) is 16.8. The SMILES string of the molecule is C[n+]1ccn(Cc2ccccc2)c1I.C[n+]1ccn(Cc2ccccc2)c1I.[I-].[I-]. The summed E-state index contributed by atoms with van der Waals surface area (Å²) >= 11 is 4.71. The van der Waals surface area contributed by atoms with Crippen LogP contribution in [0.2, 0.25) is 0 Å². The van der Waals surface area contributed by atoms with Gasteiger partial charge in [0.2, 0.25) is 0 Å². The first-order valence-electron chi connectivity index (χ1n) is 9.03. The van der Waals surface area contributed by atoms with Gasteiger partial charge in [0.1, 0.15) is 37.9 Å². The first-order valence-corrected chi connectivity index (χ1v) is 11.2. The Balaban J connectivity index is 0.000000281. The lowest BCUT2D eigenvalue weighted by Crippen LogP contribution is -3.00. The molecular formula is C22H24I4N4. The highest BCUT2D eigenvalue weighted by atomic mass is 127. The Morgan fingerprint density at radius 1 is 0.633 bits per heavy atom. The van der Waals surface area contributed by atoms with Crippen LogP contribution in [0.4, 0.5) is 0 Å². The lowest BCUT2D eigenvalue weighted by molar-refractivity contribution is -0.684. The summed E-state index contributed by atoms with van der Waals surface area (Å²) in [6.07, 6.45) is 8.36. The summed E-state index contributed by atoms with van der Waals surface area (Å²) < 4.78 is 11.2. The van der Waals surface area contributed by atoms with Crippen molar-refractivity contribution >= 4 is 45.2 Å². The number of hydrogen-bond donors (Lipinski definition) is 0. The number of aryl methyl sites for hydroxylation is 2. The van der Waals surface area contributed by atoms with E-state index in [0.717, 1.165) is 13.1 Å². The summed E-state index contributed by atoms with van der Waals surface area (Å²) in [5.41, 5.74) is 2.67. The molecule has 0 radical (unpaired) electrons. The van der Waals surface area contributed by atoms with Crippen LogP contribution >= 0.6 is 45.2 Å². The van der Waals surface area contributed by atoms with Crippen molar-refractivity contribution in [1.29, 1.82) is 0 Å². The molecule has 0 N–H and O–H groups in total. The summed E-state index contributed by atoms with van der Waals surface area (Å²) in [6, 6.07) is 21.0. The molecule has 8 heteroatoms. The van der Waals surface area contributed by atoms with Crippen LogP contribution in [0.25, 0.3) is 0 Å². The molecule has 0 aliphatic rings. The normalized spacial score (nSPS) is 9.73. The molecule has 0 fully saturated rings. The Hall–Kier alpha value is -0.220. The molecule has 0 unspecified atom stereocenters. The van der Waals surface area contributed by atoms with E-state index in [1.807, 2.05) is 12.1 Å². The van der Waals surface area contributed by atoms with Gasteiger partial charge in [0.05, 0.1) is 59.3 Å². The maximum Gasteiger partial charge on any atom is 0.317 e. The third-order valence-electron chi connectivity index (χ3n) is 4.39. The van der Waals surface area contributed by atoms with Gasteiger partial charge in [-0.1, -0.05) is 60.7 Å². The van der Waals surface area contributed by atoms with Gasteiger partial charge in [-0.2, -0.15) is 0 Å². The van der Waals surface area contributed by atoms with Gasteiger partial charge in [-0.3, -0.25) is 0 Å². The smallest absolute Gasteiger partial charge is 0.317 e. The lowest BCUT2D eigenvalue weighted by atomic mass is 10.2. The van der Waals surface area contributed by atoms with Crippen molar-refractivity contribution < 1.29 is 57.1 Å². The number of nitrogens with zero attached hydrogens (tertiary/aromatic N) is 4. The largest absolute Gasteiger partial charge is 1.00 e. The fourth-order valence-corrected chi connectivity index (χ4v) is 3.79. The second-order valence-corrected chi connectivity index (χ2v) is 8.51. The van der Waals surface area contributed by atoms with Gasteiger partial charge in [-0.15, -0.1) is 0 Å². The highest BCUT2D eigenvalue weighted by molar-refractivity contribution is 14.1. The first-order chi connectivity index (χ1) is 13.5. The molecule has 2 aromatic heterocycles. The van der Waals surface area contributed by atoms with E-state index >= 15 is 0 Å². The van der Waals surface area contributed by atoms with Crippen LogP contribution < -0.4 is 57.1 Å². The average Bonchev–Trinajstić information content (AvgIpc) is 3.21. The molecule has 0 spiro atoms. The van der Waals surface area contributed by atoms with Gasteiger partial charge < -0.3 is 48.0 Å². The number of benzene rings is 2. The van der Waals surface area contributed by atoms with Crippen LogP contribution in [0, 0.1) is 7.66 Å². The Morgan fingerprint density at radius 3 is 1.23 bits per heavy atom. The van der Waals surface area contributed by atoms with E-state index in [4.69, 9.17) is 0 Å². The minimum atomic E-state index is 0. The van der Waals surface area contributed by atoms with E-state index in [9.17, 15) is 0 Å². The highest BCUT2D eigenvalue weighted by Crippen LogP contribution is 2.06. The average molecular weight is 852 g/mol. The predicted molar refractivity (Wildman–Crippen MR) is 128 cm³/mol. The van der Waals surface area contributed by atoms with Crippen LogP contribution in [0.5, 0.6) is 0 Å². The fraction of sp³-hybridized carbons (Fsp3) is 0.182. The van der Waals surface area contributed by atoms with Gasteiger partial charge in [0, 0.05) is 0 Å². The van der Waals surface area contributed by atoms with Crippen molar-refractivity contribution in [2.45, 2.75) is 13.1 Å². The van der Waals surface area contributed by atoms with Crippen molar-refractivity contribution in [2.24, 2.45) is 14.1 Å². The summed E-state index contributed by atoms with van der Waals surface area (Å²) in [5.74, 6) is 0. The third kappa shape index (κ3) is 8.04. The zero-order valence-corrected chi connectivity index (χ0v) is 25.4. The fourth-order valence-electron chi connectivity index (χ4n) is 2.81. The molecule has 4 nitrogen and oxygen atoms in total. The standard InChI is InChI=1S/2C11H12IN2.2HI/c2*1-13-7-8-14(11(13)12)9-10-5-3-2-4-6-10;;/h2*2-8H,9H2,1H3;2*1H/q2*+1;;/p-2. The minimum Gasteiger partial charge on any atom is -1.00 e. The van der Waals surface area contributed by atoms with Crippen LogP contribution in [-0.4, -0.2) is 9.13 Å². The number of rotatable bonds is 4. The molecular weight excluding hydrogens is 828 g/mol. The quantitative estimate of drug-likeness (QED) is 0.166. The van der Waals surface area contributed by atoms with Crippen LogP contribution in [0.1, 0.15) is 11.1 Å². The molecule has 30 heavy (non-hydrogen) atoms. The number of imidazole rings is 2. The first kappa shape index (κ1) is 27.8. The van der Waals surface area contributed by atoms with Gasteiger partial charge in [-0.05, 0) is 11.1 Å². The van der Waals surface area contributed by atoms with E-state index in [1.54, 1.807) is 0 Å². The molecule has 0 aliphatic carbocycles. The Kier molecular flexibility index (Phi) is 13.0. The van der Waals surface area contributed by atoms with Gasteiger partial charge >= 0.3 is 7.66 Å². The van der Waals surface area contributed by atoms with E-state index < -0.39 is 0 Å². The van der Waals surface area contributed by atoms with Crippen molar-refractivity contribution in [2.75, 3.05) is 0 Å². The van der Waals surface area contributed by atoms with Crippen molar-refractivity contribution in [3.8, 4) is 0 Å². The van der Waals surface area contributed by atoms with Crippen LogP contribution in [0.15, 0.2) is 85.5 Å². The summed E-state index contributed by atoms with van der Waals surface area (Å²) in [6.45, 7) is 1.89. The van der Waals surface area contributed by atoms with Crippen molar-refractivity contribution in [1.82, 2.24) is 9.13 Å². The summed E-state index contributed by atoms with van der Waals surface area (Å²) in [7, 11) is 4.12. The second kappa shape index (κ2) is 14.0. The Morgan fingerprint density at radius 2 is 0.967 bits per heavy atom. The molecule has 2 aromatic carbocycles. The van der Waals surface area contributed by atoms with Crippen molar-refractivity contribution in [3.63, 3.8) is 0 Å². The monoisotopic (exact) mass is 852 g/mol. The summed E-state index contributed by atoms with van der Waals surface area (Å²) in [4.78, 5) is 0. The molecule has 160 valence electrons. The highest BCUT2D eigenvalue weighted by Gasteiger charge is 2.11. The van der Waals surface area contributed by atoms with Gasteiger partial charge in [-0.25, -0.2) is 18.3 Å². The van der Waals surface area contributed by atoms with Crippen LogP contribution in [0.3, 0.4) is 0 Å². The zero-order chi connectivity index (χ0) is 19.9. The lowest BCUT2D eigenvalue weighted by Gasteiger charge is -1.98. The molecule has 4 rings (SSSR count). The van der Waals surface area contributed by atoms with E-state index in [2.05, 4.69) is 151 Å². The molecule has 4 aromatic rings. The Labute approximate surface area is 240 Å². The maximum atomic E-state index is 2.35. The van der Waals surface area contributed by atoms with Crippen LogP contribution in [-0.2, 0) is 27.2 Å². The van der Waals surface area contributed by atoms with Gasteiger partial charge in [0.15, 0.2) is 0 Å². The topological polar surface area (TPSA) is 17.6 Å². The predicted octanol–water partition coefficient (Wildman–Crippen LogP) is -2.06. The number of hydrogen-bond acceptors (Lipinski definition) is 0. The van der Waals surface area contributed by atoms with Gasteiger partial charge in [0.25, 0.3) is 0 Å².